The number of aryl methyl sites for hydroxylation is 1. The van der Waals surface area contributed by atoms with Crippen molar-refractivity contribution in [1.29, 1.82) is 0 Å². The SMILES string of the molecule is Cc1ccc(CCN2CCC(N3CCc4ccc(Cn5nccn5)cc43)CC2)cc1. The van der Waals surface area contributed by atoms with Gasteiger partial charge in [-0.25, -0.2) is 0 Å². The molecule has 0 atom stereocenters. The minimum Gasteiger partial charge on any atom is -0.368 e. The van der Waals surface area contributed by atoms with Crippen LogP contribution in [0, 0.1) is 6.92 Å². The fourth-order valence-corrected chi connectivity index (χ4v) is 4.91. The number of benzene rings is 2. The summed E-state index contributed by atoms with van der Waals surface area (Å²) in [5.74, 6) is 0. The van der Waals surface area contributed by atoms with E-state index in [0.717, 1.165) is 19.5 Å². The second kappa shape index (κ2) is 8.60. The van der Waals surface area contributed by atoms with Gasteiger partial charge in [0.15, 0.2) is 0 Å². The molecule has 30 heavy (non-hydrogen) atoms. The van der Waals surface area contributed by atoms with E-state index < -0.39 is 0 Å². The minimum absolute atomic E-state index is 0.667. The van der Waals surface area contributed by atoms with Crippen LogP contribution in [0.1, 0.15) is 35.1 Å². The maximum absolute atomic E-state index is 4.25. The van der Waals surface area contributed by atoms with E-state index in [1.165, 1.54) is 66.8 Å². The summed E-state index contributed by atoms with van der Waals surface area (Å²) in [5.41, 5.74) is 7.02. The Morgan fingerprint density at radius 2 is 1.63 bits per heavy atom. The van der Waals surface area contributed by atoms with Crippen molar-refractivity contribution in [3.63, 3.8) is 0 Å². The molecule has 1 aromatic heterocycles. The zero-order valence-corrected chi connectivity index (χ0v) is 17.9. The lowest BCUT2D eigenvalue weighted by Gasteiger charge is -2.38. The monoisotopic (exact) mass is 401 g/mol. The topological polar surface area (TPSA) is 37.2 Å². The van der Waals surface area contributed by atoms with E-state index in [4.69, 9.17) is 0 Å². The van der Waals surface area contributed by atoms with Crippen LogP contribution < -0.4 is 4.90 Å². The molecule has 0 spiro atoms. The van der Waals surface area contributed by atoms with E-state index in [1.54, 1.807) is 17.2 Å². The highest BCUT2D eigenvalue weighted by molar-refractivity contribution is 5.60. The molecule has 156 valence electrons. The van der Waals surface area contributed by atoms with Crippen LogP contribution in [0.3, 0.4) is 0 Å². The van der Waals surface area contributed by atoms with Crippen molar-refractivity contribution in [2.75, 3.05) is 31.1 Å². The highest BCUT2D eigenvalue weighted by atomic mass is 15.5. The van der Waals surface area contributed by atoms with E-state index in [0.29, 0.717) is 6.04 Å². The molecule has 0 unspecified atom stereocenters. The van der Waals surface area contributed by atoms with E-state index in [1.807, 2.05) is 0 Å². The number of fused-ring (bicyclic) bond motifs is 1. The number of hydrogen-bond acceptors (Lipinski definition) is 4. The van der Waals surface area contributed by atoms with E-state index in [9.17, 15) is 0 Å². The van der Waals surface area contributed by atoms with Gasteiger partial charge in [-0.1, -0.05) is 42.0 Å². The van der Waals surface area contributed by atoms with Crippen LogP contribution >= 0.6 is 0 Å². The first-order valence-electron chi connectivity index (χ1n) is 11.2. The van der Waals surface area contributed by atoms with Crippen LogP contribution in [0.4, 0.5) is 5.69 Å². The van der Waals surface area contributed by atoms with Gasteiger partial charge >= 0.3 is 0 Å². The van der Waals surface area contributed by atoms with E-state index in [-0.39, 0.29) is 0 Å². The average Bonchev–Trinajstić information content (AvgIpc) is 3.43. The summed E-state index contributed by atoms with van der Waals surface area (Å²) in [4.78, 5) is 7.08. The first-order valence-corrected chi connectivity index (χ1v) is 11.2. The van der Waals surface area contributed by atoms with Crippen LogP contribution in [-0.4, -0.2) is 52.1 Å². The molecular weight excluding hydrogens is 370 g/mol. The number of anilines is 1. The molecule has 3 heterocycles. The average molecular weight is 402 g/mol. The minimum atomic E-state index is 0.667. The second-order valence-electron chi connectivity index (χ2n) is 8.77. The lowest BCUT2D eigenvalue weighted by Crippen LogP contribution is -2.45. The molecule has 2 aliphatic rings. The van der Waals surface area contributed by atoms with Crippen molar-refractivity contribution in [2.24, 2.45) is 0 Å². The second-order valence-corrected chi connectivity index (χ2v) is 8.77. The molecule has 1 saturated heterocycles. The van der Waals surface area contributed by atoms with Gasteiger partial charge in [0.1, 0.15) is 0 Å². The van der Waals surface area contributed by atoms with Crippen molar-refractivity contribution in [2.45, 2.75) is 45.2 Å². The van der Waals surface area contributed by atoms with Crippen LogP contribution in [-0.2, 0) is 19.4 Å². The fraction of sp³-hybridized carbons (Fsp3) is 0.440. The number of rotatable bonds is 6. The van der Waals surface area contributed by atoms with Gasteiger partial charge < -0.3 is 9.80 Å². The summed E-state index contributed by atoms with van der Waals surface area (Å²) < 4.78 is 0. The summed E-state index contributed by atoms with van der Waals surface area (Å²) >= 11 is 0. The van der Waals surface area contributed by atoms with E-state index >= 15 is 0 Å². The quantitative estimate of drug-likeness (QED) is 0.631. The Labute approximate surface area is 179 Å². The molecule has 0 radical (unpaired) electrons. The third-order valence-corrected chi connectivity index (χ3v) is 6.71. The molecule has 0 N–H and O–H groups in total. The number of likely N-dealkylation sites (tertiary alicyclic amines) is 1. The molecule has 0 amide bonds. The highest BCUT2D eigenvalue weighted by Gasteiger charge is 2.29. The van der Waals surface area contributed by atoms with Gasteiger partial charge in [0.25, 0.3) is 0 Å². The largest absolute Gasteiger partial charge is 0.368 e. The predicted octanol–water partition coefficient (Wildman–Crippen LogP) is 3.70. The third-order valence-electron chi connectivity index (χ3n) is 6.71. The van der Waals surface area contributed by atoms with Crippen molar-refractivity contribution >= 4 is 5.69 Å². The van der Waals surface area contributed by atoms with Gasteiger partial charge in [0.05, 0.1) is 18.9 Å². The Hall–Kier alpha value is -2.66. The molecule has 2 aliphatic heterocycles. The van der Waals surface area contributed by atoms with Crippen molar-refractivity contribution in [3.05, 3.63) is 77.1 Å². The molecule has 0 aliphatic carbocycles. The van der Waals surface area contributed by atoms with Crippen LogP contribution in [0.15, 0.2) is 54.9 Å². The number of piperidine rings is 1. The smallest absolute Gasteiger partial charge is 0.0858 e. The Morgan fingerprint density at radius 1 is 0.900 bits per heavy atom. The summed E-state index contributed by atoms with van der Waals surface area (Å²) in [6.45, 7) is 7.65. The lowest BCUT2D eigenvalue weighted by molar-refractivity contribution is 0.212. The van der Waals surface area contributed by atoms with Gasteiger partial charge in [-0.3, -0.25) is 0 Å². The Morgan fingerprint density at radius 3 is 2.40 bits per heavy atom. The third kappa shape index (κ3) is 4.26. The van der Waals surface area contributed by atoms with Crippen LogP contribution in [0.2, 0.25) is 0 Å². The van der Waals surface area contributed by atoms with Gasteiger partial charge in [-0.2, -0.15) is 15.0 Å². The highest BCUT2D eigenvalue weighted by Crippen LogP contribution is 2.33. The molecular formula is C25H31N5. The zero-order valence-electron chi connectivity index (χ0n) is 17.9. The summed E-state index contributed by atoms with van der Waals surface area (Å²) in [7, 11) is 0. The molecule has 0 saturated carbocycles. The fourth-order valence-electron chi connectivity index (χ4n) is 4.91. The lowest BCUT2D eigenvalue weighted by atomic mass is 10.0. The molecule has 5 nitrogen and oxygen atoms in total. The summed E-state index contributed by atoms with van der Waals surface area (Å²) in [6, 6.07) is 16.6. The predicted molar refractivity (Wildman–Crippen MR) is 121 cm³/mol. The number of aromatic nitrogens is 3. The van der Waals surface area contributed by atoms with Crippen molar-refractivity contribution < 1.29 is 0 Å². The standard InChI is InChI=1S/C25H31N5/c1-20-2-4-21(5-3-20)8-14-28-15-10-24(11-16-28)29-17-9-23-7-6-22(18-25(23)29)19-30-26-12-13-27-30/h2-7,12-13,18,24H,8-11,14-17,19H2,1H3. The molecule has 2 aromatic carbocycles. The Balaban J connectivity index is 1.18. The van der Waals surface area contributed by atoms with Crippen molar-refractivity contribution in [1.82, 2.24) is 19.9 Å². The van der Waals surface area contributed by atoms with Gasteiger partial charge in [0, 0.05) is 37.9 Å². The molecule has 3 aromatic rings. The molecule has 5 heteroatoms. The first kappa shape index (κ1) is 19.3. The molecule has 0 bridgehead atoms. The van der Waals surface area contributed by atoms with Crippen LogP contribution in [0.25, 0.3) is 0 Å². The van der Waals surface area contributed by atoms with Gasteiger partial charge in [0.2, 0.25) is 0 Å². The zero-order chi connectivity index (χ0) is 20.3. The number of hydrogen-bond donors (Lipinski definition) is 0. The van der Waals surface area contributed by atoms with Crippen molar-refractivity contribution in [3.8, 4) is 0 Å². The van der Waals surface area contributed by atoms with E-state index in [2.05, 4.69) is 69.4 Å². The molecule has 5 rings (SSSR count). The Kier molecular flexibility index (Phi) is 5.54. The van der Waals surface area contributed by atoms with Crippen LogP contribution in [0.5, 0.6) is 0 Å². The molecule has 1 fully saturated rings. The van der Waals surface area contributed by atoms with Gasteiger partial charge in [-0.05, 0) is 55.4 Å². The maximum atomic E-state index is 4.25. The normalized spacial score (nSPS) is 17.4. The maximum Gasteiger partial charge on any atom is 0.0858 e. The van der Waals surface area contributed by atoms with Gasteiger partial charge in [-0.15, -0.1) is 0 Å². The number of nitrogens with zero attached hydrogens (tertiary/aromatic N) is 5. The first-order chi connectivity index (χ1) is 14.7. The Bertz CT molecular complexity index is 956. The summed E-state index contributed by atoms with van der Waals surface area (Å²) in [6.07, 6.45) is 8.33. The summed E-state index contributed by atoms with van der Waals surface area (Å²) in [5, 5.41) is 8.50.